The molecule has 0 amide bonds. The van der Waals surface area contributed by atoms with Crippen molar-refractivity contribution in [3.05, 3.63) is 53.1 Å². The van der Waals surface area contributed by atoms with Crippen molar-refractivity contribution >= 4 is 23.2 Å². The number of hydrogen-bond acceptors (Lipinski definition) is 1. The second-order valence-corrected chi connectivity index (χ2v) is 3.42. The summed E-state index contributed by atoms with van der Waals surface area (Å²) in [5.74, 6) is 0. The molecule has 1 aromatic carbocycles. The molecular formula is C10H9Cl2O. The van der Waals surface area contributed by atoms with Gasteiger partial charge in [-0.2, -0.15) is 0 Å². The molecule has 0 heterocycles. The Hall–Kier alpha value is -0.500. The van der Waals surface area contributed by atoms with E-state index in [1.54, 1.807) is 0 Å². The summed E-state index contributed by atoms with van der Waals surface area (Å²) in [6.45, 7) is 5.35. The molecule has 0 aliphatic heterocycles. The molecule has 1 nitrogen and oxygen atoms in total. The molecule has 0 saturated heterocycles. The normalized spacial score (nSPS) is 10.0. The van der Waals surface area contributed by atoms with E-state index in [0.717, 1.165) is 10.6 Å². The Morgan fingerprint density at radius 1 is 1.38 bits per heavy atom. The number of benzene rings is 1. The lowest BCUT2D eigenvalue weighted by Crippen LogP contribution is -1.89. The average Bonchev–Trinajstić information content (AvgIpc) is 2.08. The van der Waals surface area contributed by atoms with Gasteiger partial charge in [-0.25, -0.2) is 0 Å². The van der Waals surface area contributed by atoms with E-state index in [1.165, 1.54) is 6.61 Å². The van der Waals surface area contributed by atoms with Gasteiger partial charge in [-0.1, -0.05) is 41.9 Å². The molecule has 0 spiro atoms. The standard InChI is InChI=1S/C10H9Cl2O/c1-8(11)6-13-7-9-2-4-10(12)5-3-9/h2-6H,1,7H2. The minimum absolute atomic E-state index is 0.383. The lowest BCUT2D eigenvalue weighted by molar-refractivity contribution is 0.200. The molecule has 1 radical (unpaired) electrons. The third-order valence-electron chi connectivity index (χ3n) is 1.37. The molecule has 0 aliphatic carbocycles. The maximum atomic E-state index is 5.71. The highest BCUT2D eigenvalue weighted by Gasteiger charge is 1.94. The van der Waals surface area contributed by atoms with Crippen LogP contribution in [0, 0.1) is 6.61 Å². The molecule has 13 heavy (non-hydrogen) atoms. The molecular weight excluding hydrogens is 207 g/mol. The minimum atomic E-state index is 0.383. The first kappa shape index (κ1) is 10.6. The van der Waals surface area contributed by atoms with Crippen molar-refractivity contribution in [1.82, 2.24) is 0 Å². The maximum Gasteiger partial charge on any atom is 0.124 e. The smallest absolute Gasteiger partial charge is 0.124 e. The van der Waals surface area contributed by atoms with E-state index >= 15 is 0 Å². The predicted octanol–water partition coefficient (Wildman–Crippen LogP) is 3.77. The molecule has 0 aromatic heterocycles. The Balaban J connectivity index is 2.37. The van der Waals surface area contributed by atoms with Gasteiger partial charge in [0.1, 0.15) is 6.61 Å². The zero-order valence-corrected chi connectivity index (χ0v) is 8.48. The zero-order chi connectivity index (χ0) is 9.68. The van der Waals surface area contributed by atoms with Gasteiger partial charge >= 0.3 is 0 Å². The summed E-state index contributed by atoms with van der Waals surface area (Å²) in [4.78, 5) is 0. The Morgan fingerprint density at radius 2 is 2.00 bits per heavy atom. The summed E-state index contributed by atoms with van der Waals surface area (Å²) in [6.07, 6.45) is 0. The van der Waals surface area contributed by atoms with Gasteiger partial charge in [-0.3, -0.25) is 0 Å². The average molecular weight is 216 g/mol. The van der Waals surface area contributed by atoms with Crippen molar-refractivity contribution in [2.45, 2.75) is 6.61 Å². The predicted molar refractivity (Wildman–Crippen MR) is 55.5 cm³/mol. The third-order valence-corrected chi connectivity index (χ3v) is 1.72. The van der Waals surface area contributed by atoms with Gasteiger partial charge in [-0.15, -0.1) is 0 Å². The van der Waals surface area contributed by atoms with Crippen molar-refractivity contribution in [2.24, 2.45) is 0 Å². The monoisotopic (exact) mass is 215 g/mol. The Morgan fingerprint density at radius 3 is 2.54 bits per heavy atom. The van der Waals surface area contributed by atoms with E-state index in [9.17, 15) is 0 Å². The molecule has 0 atom stereocenters. The number of halogens is 2. The first-order valence-electron chi connectivity index (χ1n) is 3.72. The molecule has 0 saturated carbocycles. The summed E-state index contributed by atoms with van der Waals surface area (Å²) in [7, 11) is 0. The summed E-state index contributed by atoms with van der Waals surface area (Å²) in [5, 5.41) is 1.10. The maximum absolute atomic E-state index is 5.71. The summed E-state index contributed by atoms with van der Waals surface area (Å²) in [5.41, 5.74) is 1.04. The number of ether oxygens (including phenoxy) is 1. The van der Waals surface area contributed by atoms with Gasteiger partial charge in [0.05, 0.1) is 6.61 Å². The van der Waals surface area contributed by atoms with Crippen LogP contribution in [0.3, 0.4) is 0 Å². The Kier molecular flexibility index (Phi) is 4.29. The van der Waals surface area contributed by atoms with E-state index < -0.39 is 0 Å². The van der Waals surface area contributed by atoms with E-state index in [1.807, 2.05) is 24.3 Å². The van der Waals surface area contributed by atoms with Gasteiger partial charge in [0, 0.05) is 10.1 Å². The van der Waals surface area contributed by atoms with Crippen LogP contribution in [0.5, 0.6) is 0 Å². The Bertz CT molecular complexity index is 279. The van der Waals surface area contributed by atoms with Gasteiger partial charge in [-0.05, 0) is 17.7 Å². The molecule has 0 fully saturated rings. The molecule has 0 N–H and O–H groups in total. The molecule has 0 unspecified atom stereocenters. The summed E-state index contributed by atoms with van der Waals surface area (Å²) in [6, 6.07) is 7.42. The van der Waals surface area contributed by atoms with Crippen molar-refractivity contribution in [1.29, 1.82) is 0 Å². The second-order valence-electron chi connectivity index (χ2n) is 2.50. The first-order chi connectivity index (χ1) is 6.18. The number of hydrogen-bond donors (Lipinski definition) is 0. The van der Waals surface area contributed by atoms with Crippen molar-refractivity contribution in [2.75, 3.05) is 0 Å². The molecule has 3 heteroatoms. The topological polar surface area (TPSA) is 9.23 Å². The van der Waals surface area contributed by atoms with Crippen molar-refractivity contribution in [3.8, 4) is 0 Å². The number of rotatable bonds is 4. The van der Waals surface area contributed by atoms with Crippen LogP contribution in [0.4, 0.5) is 0 Å². The minimum Gasteiger partial charge on any atom is -0.365 e. The molecule has 1 aromatic rings. The Labute approximate surface area is 87.9 Å². The van der Waals surface area contributed by atoms with Crippen LogP contribution in [0.25, 0.3) is 0 Å². The molecule has 1 rings (SSSR count). The van der Waals surface area contributed by atoms with Crippen LogP contribution in [0.2, 0.25) is 5.02 Å². The van der Waals surface area contributed by atoms with Crippen LogP contribution < -0.4 is 0 Å². The highest BCUT2D eigenvalue weighted by atomic mass is 35.5. The van der Waals surface area contributed by atoms with Gasteiger partial charge in [0.25, 0.3) is 0 Å². The fraction of sp³-hybridized carbons (Fsp3) is 0.100. The lowest BCUT2D eigenvalue weighted by Gasteiger charge is -2.01. The highest BCUT2D eigenvalue weighted by Crippen LogP contribution is 2.11. The summed E-state index contributed by atoms with van der Waals surface area (Å²) < 4.78 is 5.12. The largest absolute Gasteiger partial charge is 0.365 e. The van der Waals surface area contributed by atoms with Crippen molar-refractivity contribution < 1.29 is 4.74 Å². The van der Waals surface area contributed by atoms with Gasteiger partial charge in [0.15, 0.2) is 0 Å². The van der Waals surface area contributed by atoms with E-state index in [-0.39, 0.29) is 0 Å². The zero-order valence-electron chi connectivity index (χ0n) is 6.97. The highest BCUT2D eigenvalue weighted by molar-refractivity contribution is 6.30. The van der Waals surface area contributed by atoms with Gasteiger partial charge < -0.3 is 4.74 Å². The lowest BCUT2D eigenvalue weighted by atomic mass is 10.2. The fourth-order valence-electron chi connectivity index (χ4n) is 0.809. The molecule has 0 aliphatic rings. The van der Waals surface area contributed by atoms with Crippen LogP contribution >= 0.6 is 23.2 Å². The first-order valence-corrected chi connectivity index (χ1v) is 4.48. The van der Waals surface area contributed by atoms with Crippen molar-refractivity contribution in [3.63, 3.8) is 0 Å². The van der Waals surface area contributed by atoms with Crippen LogP contribution in [0.15, 0.2) is 35.9 Å². The van der Waals surface area contributed by atoms with E-state index in [2.05, 4.69) is 6.58 Å². The van der Waals surface area contributed by atoms with E-state index in [4.69, 9.17) is 27.9 Å². The third kappa shape index (κ3) is 4.32. The quantitative estimate of drug-likeness (QED) is 0.744. The van der Waals surface area contributed by atoms with Crippen LogP contribution in [-0.2, 0) is 11.3 Å². The summed E-state index contributed by atoms with van der Waals surface area (Å²) >= 11 is 11.2. The van der Waals surface area contributed by atoms with Gasteiger partial charge in [0.2, 0.25) is 0 Å². The van der Waals surface area contributed by atoms with Crippen LogP contribution in [0.1, 0.15) is 5.56 Å². The fourth-order valence-corrected chi connectivity index (χ4v) is 0.998. The van der Waals surface area contributed by atoms with E-state index in [0.29, 0.717) is 11.6 Å². The molecule has 0 bridgehead atoms. The SMILES string of the molecule is C=C(Cl)[CH]OCc1ccc(Cl)cc1. The molecule has 69 valence electrons. The second kappa shape index (κ2) is 5.28. The van der Waals surface area contributed by atoms with Crippen LogP contribution in [-0.4, -0.2) is 0 Å².